The molecule has 2 N–H and O–H groups in total. The number of nitrogens with one attached hydrogen (secondary N) is 1. The van der Waals surface area contributed by atoms with Crippen molar-refractivity contribution in [1.82, 2.24) is 0 Å². The monoisotopic (exact) mass is 411 g/mol. The summed E-state index contributed by atoms with van der Waals surface area (Å²) >= 11 is 5.71. The number of anilines is 1. The summed E-state index contributed by atoms with van der Waals surface area (Å²) in [5.74, 6) is -2.32. The summed E-state index contributed by atoms with van der Waals surface area (Å²) in [5.41, 5.74) is 3.64. The Labute approximate surface area is 170 Å². The van der Waals surface area contributed by atoms with Gasteiger partial charge in [0.15, 0.2) is 0 Å². The van der Waals surface area contributed by atoms with Gasteiger partial charge in [0.1, 0.15) is 12.4 Å². The second-order valence-corrected chi connectivity index (χ2v) is 6.97. The van der Waals surface area contributed by atoms with Gasteiger partial charge in [0.2, 0.25) is 0 Å². The number of halogens is 2. The van der Waals surface area contributed by atoms with Crippen LogP contribution in [0.4, 0.5) is 14.9 Å². The summed E-state index contributed by atoms with van der Waals surface area (Å²) in [5, 5.41) is 11.1. The number of benzene rings is 3. The third kappa shape index (κ3) is 3.54. The number of hydrogen-bond donors (Lipinski definition) is 2. The summed E-state index contributed by atoms with van der Waals surface area (Å²) in [7, 11) is 0. The van der Waals surface area contributed by atoms with Crippen LogP contribution in [0.3, 0.4) is 0 Å². The Hall–Kier alpha value is -3.38. The minimum absolute atomic E-state index is 0.0564. The van der Waals surface area contributed by atoms with Gasteiger partial charge in [-0.3, -0.25) is 5.32 Å². The Balaban J connectivity index is 1.51. The van der Waals surface area contributed by atoms with Crippen LogP contribution in [0.15, 0.2) is 60.7 Å². The maximum Gasteiger partial charge on any atom is 0.411 e. The lowest BCUT2D eigenvalue weighted by atomic mass is 9.98. The molecule has 146 valence electrons. The predicted octanol–water partition coefficient (Wildman–Crippen LogP) is 5.54. The van der Waals surface area contributed by atoms with Crippen LogP contribution in [0.2, 0.25) is 5.02 Å². The lowest BCUT2D eigenvalue weighted by Gasteiger charge is -2.15. The molecule has 3 aromatic carbocycles. The molecule has 4 rings (SSSR count). The van der Waals surface area contributed by atoms with Gasteiger partial charge in [0.05, 0.1) is 16.3 Å². The normalized spacial score (nSPS) is 12.2. The third-order valence-electron chi connectivity index (χ3n) is 4.87. The van der Waals surface area contributed by atoms with Gasteiger partial charge in [-0.2, -0.15) is 0 Å². The SMILES string of the molecule is O=C(Nc1cc(C(=O)O)c(Cl)cc1F)OCC1c2ccccc2-c2ccccc21. The van der Waals surface area contributed by atoms with E-state index in [1.54, 1.807) is 0 Å². The van der Waals surface area contributed by atoms with Crippen LogP contribution >= 0.6 is 11.6 Å². The molecule has 1 aliphatic rings. The zero-order valence-electron chi connectivity index (χ0n) is 15.0. The fraction of sp³-hybridized carbons (Fsp3) is 0.0909. The van der Waals surface area contributed by atoms with Crippen molar-refractivity contribution in [1.29, 1.82) is 0 Å². The molecular weight excluding hydrogens is 397 g/mol. The molecule has 0 heterocycles. The Kier molecular flexibility index (Phi) is 4.94. The van der Waals surface area contributed by atoms with Crippen molar-refractivity contribution in [3.63, 3.8) is 0 Å². The van der Waals surface area contributed by atoms with Crippen molar-refractivity contribution < 1.29 is 23.8 Å². The van der Waals surface area contributed by atoms with Gasteiger partial charge >= 0.3 is 12.1 Å². The summed E-state index contributed by atoms with van der Waals surface area (Å²) in [6.07, 6.45) is -0.885. The van der Waals surface area contributed by atoms with Crippen molar-refractivity contribution >= 4 is 29.4 Å². The van der Waals surface area contributed by atoms with E-state index in [-0.39, 0.29) is 28.8 Å². The number of fused-ring (bicyclic) bond motifs is 3. The highest BCUT2D eigenvalue weighted by Gasteiger charge is 2.29. The van der Waals surface area contributed by atoms with Gasteiger partial charge in [-0.25, -0.2) is 14.0 Å². The fourth-order valence-electron chi connectivity index (χ4n) is 3.55. The number of ether oxygens (including phenoxy) is 1. The topological polar surface area (TPSA) is 75.6 Å². The quantitative estimate of drug-likeness (QED) is 0.591. The lowest BCUT2D eigenvalue weighted by molar-refractivity contribution is 0.0697. The highest BCUT2D eigenvalue weighted by molar-refractivity contribution is 6.33. The maximum atomic E-state index is 14.0. The fourth-order valence-corrected chi connectivity index (χ4v) is 3.78. The second-order valence-electron chi connectivity index (χ2n) is 6.57. The number of carboxylic acids is 1. The first kappa shape index (κ1) is 19.0. The number of carboxylic acid groups (broad SMARTS) is 1. The van der Waals surface area contributed by atoms with Crippen LogP contribution in [0.5, 0.6) is 0 Å². The summed E-state index contributed by atoms with van der Waals surface area (Å²) in [6, 6.07) is 17.6. The number of aromatic carboxylic acids is 1. The van der Waals surface area contributed by atoms with Crippen LogP contribution in [0.25, 0.3) is 11.1 Å². The highest BCUT2D eigenvalue weighted by Crippen LogP contribution is 2.44. The van der Waals surface area contributed by atoms with Gasteiger partial charge < -0.3 is 9.84 Å². The average molecular weight is 412 g/mol. The minimum atomic E-state index is -1.33. The van der Waals surface area contributed by atoms with Gasteiger partial charge in [0, 0.05) is 5.92 Å². The van der Waals surface area contributed by atoms with Gasteiger partial charge in [-0.05, 0) is 34.4 Å². The summed E-state index contributed by atoms with van der Waals surface area (Å²) in [6.45, 7) is 0.0564. The number of carbonyl (C=O) groups excluding carboxylic acids is 1. The van der Waals surface area contributed by atoms with Crippen molar-refractivity contribution in [2.75, 3.05) is 11.9 Å². The molecule has 1 amide bonds. The summed E-state index contributed by atoms with van der Waals surface area (Å²) in [4.78, 5) is 23.4. The second kappa shape index (κ2) is 7.56. The van der Waals surface area contributed by atoms with E-state index in [4.69, 9.17) is 21.4 Å². The molecule has 0 aliphatic heterocycles. The third-order valence-corrected chi connectivity index (χ3v) is 5.18. The van der Waals surface area contributed by atoms with E-state index in [0.717, 1.165) is 34.4 Å². The molecule has 5 nitrogen and oxygen atoms in total. The van der Waals surface area contributed by atoms with Crippen LogP contribution in [0.1, 0.15) is 27.4 Å². The number of amides is 1. The maximum absolute atomic E-state index is 14.0. The van der Waals surface area contributed by atoms with Crippen LogP contribution in [-0.2, 0) is 4.74 Å². The largest absolute Gasteiger partial charge is 0.478 e. The molecule has 29 heavy (non-hydrogen) atoms. The molecule has 0 saturated heterocycles. The molecule has 7 heteroatoms. The standard InChI is InChI=1S/C22H15ClFNO4/c23-18-10-19(24)20(9-16(18)21(26)27)25-22(28)29-11-17-14-7-3-1-5-12(14)13-6-2-4-8-15(13)17/h1-10,17H,11H2,(H,25,28)(H,26,27). The van der Waals surface area contributed by atoms with E-state index in [1.807, 2.05) is 48.5 Å². The molecule has 0 spiro atoms. The Morgan fingerprint density at radius 2 is 1.62 bits per heavy atom. The van der Waals surface area contributed by atoms with Gasteiger partial charge in [0.25, 0.3) is 0 Å². The van der Waals surface area contributed by atoms with Crippen molar-refractivity contribution in [2.45, 2.75) is 5.92 Å². The predicted molar refractivity (Wildman–Crippen MR) is 107 cm³/mol. The lowest BCUT2D eigenvalue weighted by Crippen LogP contribution is -2.19. The first-order valence-corrected chi connectivity index (χ1v) is 9.18. The molecule has 0 atom stereocenters. The van der Waals surface area contributed by atoms with Gasteiger partial charge in [-0.1, -0.05) is 60.1 Å². The number of carbonyl (C=O) groups is 2. The van der Waals surface area contributed by atoms with Gasteiger partial charge in [-0.15, -0.1) is 0 Å². The van der Waals surface area contributed by atoms with Crippen LogP contribution in [0, 0.1) is 5.82 Å². The van der Waals surface area contributed by atoms with Crippen molar-refractivity contribution in [2.24, 2.45) is 0 Å². The number of rotatable bonds is 4. The molecule has 0 saturated carbocycles. The van der Waals surface area contributed by atoms with E-state index >= 15 is 0 Å². The molecule has 0 radical (unpaired) electrons. The van der Waals surface area contributed by atoms with Crippen LogP contribution in [-0.4, -0.2) is 23.8 Å². The van der Waals surface area contributed by atoms with E-state index < -0.39 is 17.9 Å². The number of hydrogen-bond acceptors (Lipinski definition) is 3. The smallest absolute Gasteiger partial charge is 0.411 e. The Morgan fingerprint density at radius 3 is 2.21 bits per heavy atom. The first-order chi connectivity index (χ1) is 14.0. The van der Waals surface area contributed by atoms with Crippen LogP contribution < -0.4 is 5.32 Å². The molecule has 0 fully saturated rings. The molecule has 0 bridgehead atoms. The van der Waals surface area contributed by atoms with E-state index in [1.165, 1.54) is 0 Å². The van der Waals surface area contributed by atoms with E-state index in [0.29, 0.717) is 0 Å². The Bertz CT molecular complexity index is 1090. The van der Waals surface area contributed by atoms with E-state index in [2.05, 4.69) is 5.32 Å². The van der Waals surface area contributed by atoms with E-state index in [9.17, 15) is 14.0 Å². The zero-order valence-corrected chi connectivity index (χ0v) is 15.7. The molecule has 3 aromatic rings. The minimum Gasteiger partial charge on any atom is -0.478 e. The first-order valence-electron chi connectivity index (χ1n) is 8.80. The molecular formula is C22H15ClFNO4. The molecule has 0 aromatic heterocycles. The Morgan fingerprint density at radius 1 is 1.03 bits per heavy atom. The highest BCUT2D eigenvalue weighted by atomic mass is 35.5. The average Bonchev–Trinajstić information content (AvgIpc) is 3.02. The molecule has 0 unspecified atom stereocenters. The zero-order chi connectivity index (χ0) is 20.5. The van der Waals surface area contributed by atoms with Crippen molar-refractivity contribution in [3.05, 3.63) is 88.2 Å². The van der Waals surface area contributed by atoms with Crippen molar-refractivity contribution in [3.8, 4) is 11.1 Å². The molecule has 1 aliphatic carbocycles. The summed E-state index contributed by atoms with van der Waals surface area (Å²) < 4.78 is 19.4.